The Kier molecular flexibility index (Phi) is 6.82. The number of nitrogens with zero attached hydrogens (tertiary/aromatic N) is 2. The first-order valence-electron chi connectivity index (χ1n) is 7.68. The molecule has 7 heteroatoms. The van der Waals surface area contributed by atoms with Crippen molar-refractivity contribution in [2.45, 2.75) is 0 Å². The molecule has 132 valence electrons. The summed E-state index contributed by atoms with van der Waals surface area (Å²) in [6.07, 6.45) is 5.56. The third-order valence-electron chi connectivity index (χ3n) is 3.25. The molecule has 0 atom stereocenters. The van der Waals surface area contributed by atoms with Crippen molar-refractivity contribution < 1.29 is 14.1 Å². The largest absolute Gasteiger partial charge is 0.433 e. The van der Waals surface area contributed by atoms with Crippen molar-refractivity contribution in [3.05, 3.63) is 82.1 Å². The van der Waals surface area contributed by atoms with Gasteiger partial charge in [0.05, 0.1) is 6.07 Å². The minimum Gasteiger partial charge on any atom is -0.401 e. The average Bonchev–Trinajstić information content (AvgIpc) is 3.15. The second-order valence-electron chi connectivity index (χ2n) is 5.02. The van der Waals surface area contributed by atoms with E-state index in [0.29, 0.717) is 5.76 Å². The molecule has 1 N–H and O–H groups in total. The standard InChI is InChI=1S/C11H8O.C8H9N3O3/c12-8-9-5-6-10-3-1-2-4-11(10)7-9;1-9-10-6-2-3-7-4-5-8(14-7)11(12)13/h1-8H;2-6,9H,1H3/b;3-2+,10-6+. The van der Waals surface area contributed by atoms with E-state index in [1.165, 1.54) is 23.7 Å². The fourth-order valence-corrected chi connectivity index (χ4v) is 2.07. The first kappa shape index (κ1) is 18.6. The lowest BCUT2D eigenvalue weighted by Crippen LogP contribution is -1.91. The summed E-state index contributed by atoms with van der Waals surface area (Å²) < 4.78 is 4.86. The Labute approximate surface area is 149 Å². The monoisotopic (exact) mass is 351 g/mol. The molecule has 0 saturated heterocycles. The van der Waals surface area contributed by atoms with E-state index >= 15 is 0 Å². The number of nitrogens with one attached hydrogen (secondary N) is 1. The molecule has 0 radical (unpaired) electrons. The van der Waals surface area contributed by atoms with Crippen molar-refractivity contribution in [1.82, 2.24) is 5.43 Å². The third kappa shape index (κ3) is 5.41. The number of aldehydes is 1. The molecule has 0 fully saturated rings. The van der Waals surface area contributed by atoms with Gasteiger partial charge in [0.2, 0.25) is 0 Å². The van der Waals surface area contributed by atoms with Gasteiger partial charge in [-0.25, -0.2) is 0 Å². The van der Waals surface area contributed by atoms with Crippen molar-refractivity contribution in [3.63, 3.8) is 0 Å². The van der Waals surface area contributed by atoms with E-state index in [0.717, 1.165) is 17.2 Å². The van der Waals surface area contributed by atoms with Crippen LogP contribution in [-0.2, 0) is 0 Å². The molecule has 0 amide bonds. The smallest absolute Gasteiger partial charge is 0.401 e. The van der Waals surface area contributed by atoms with Gasteiger partial charge in [0.1, 0.15) is 17.0 Å². The van der Waals surface area contributed by atoms with Gasteiger partial charge in [-0.3, -0.25) is 14.9 Å². The zero-order chi connectivity index (χ0) is 18.8. The molecule has 3 aromatic rings. The molecule has 0 unspecified atom stereocenters. The molecule has 1 heterocycles. The van der Waals surface area contributed by atoms with Crippen LogP contribution in [0.25, 0.3) is 16.8 Å². The van der Waals surface area contributed by atoms with Gasteiger partial charge in [0.15, 0.2) is 0 Å². The van der Waals surface area contributed by atoms with Crippen LogP contribution in [0.4, 0.5) is 5.88 Å². The van der Waals surface area contributed by atoms with E-state index in [2.05, 4.69) is 10.5 Å². The molecule has 0 aliphatic heterocycles. The van der Waals surface area contributed by atoms with Gasteiger partial charge in [0, 0.05) is 18.8 Å². The predicted molar refractivity (Wildman–Crippen MR) is 101 cm³/mol. The Morgan fingerprint density at radius 2 is 1.88 bits per heavy atom. The number of hydrogen-bond donors (Lipinski definition) is 1. The van der Waals surface area contributed by atoms with Crippen molar-refractivity contribution in [2.75, 3.05) is 7.05 Å². The highest BCUT2D eigenvalue weighted by atomic mass is 16.6. The van der Waals surface area contributed by atoms with Gasteiger partial charge in [0.25, 0.3) is 0 Å². The maximum absolute atomic E-state index is 10.5. The van der Waals surface area contributed by atoms with Crippen LogP contribution < -0.4 is 5.43 Å². The zero-order valence-electron chi connectivity index (χ0n) is 14.0. The van der Waals surface area contributed by atoms with Crippen molar-refractivity contribution >= 4 is 35.2 Å². The van der Waals surface area contributed by atoms with Crippen LogP contribution in [0, 0.1) is 10.1 Å². The van der Waals surface area contributed by atoms with Crippen LogP contribution in [0.3, 0.4) is 0 Å². The van der Waals surface area contributed by atoms with Crippen LogP contribution in [0.15, 0.2) is 70.2 Å². The fourth-order valence-electron chi connectivity index (χ4n) is 2.07. The van der Waals surface area contributed by atoms with Crippen molar-refractivity contribution in [3.8, 4) is 0 Å². The maximum atomic E-state index is 10.5. The van der Waals surface area contributed by atoms with E-state index in [1.807, 2.05) is 42.5 Å². The molecular formula is C19H17N3O4. The molecular weight excluding hydrogens is 334 g/mol. The highest BCUT2D eigenvalue weighted by molar-refractivity contribution is 5.88. The predicted octanol–water partition coefficient (Wildman–Crippen LogP) is 4.06. The number of allylic oxidation sites excluding steroid dienone is 1. The number of carbonyl (C=O) groups is 1. The van der Waals surface area contributed by atoms with Crippen LogP contribution in [0.5, 0.6) is 0 Å². The third-order valence-corrected chi connectivity index (χ3v) is 3.25. The quantitative estimate of drug-likeness (QED) is 0.323. The number of rotatable bonds is 5. The lowest BCUT2D eigenvalue weighted by Gasteiger charge is -1.96. The SMILES string of the molecule is CN/N=C/C=C/c1ccc([N+](=O)[O-])o1.O=Cc1ccc2ccccc2c1. The minimum absolute atomic E-state index is 0.268. The Hall–Kier alpha value is -3.74. The van der Waals surface area contributed by atoms with Crippen molar-refractivity contribution in [1.29, 1.82) is 0 Å². The number of hydrogen-bond acceptors (Lipinski definition) is 6. The van der Waals surface area contributed by atoms with Gasteiger partial charge < -0.3 is 9.84 Å². The average molecular weight is 351 g/mol. The first-order valence-corrected chi connectivity index (χ1v) is 7.68. The second kappa shape index (κ2) is 9.53. The number of nitro groups is 1. The van der Waals surface area contributed by atoms with Gasteiger partial charge >= 0.3 is 5.88 Å². The normalized spacial score (nSPS) is 10.7. The fraction of sp³-hybridized carbons (Fsp3) is 0.0526. The molecule has 1 aromatic heterocycles. The first-order chi connectivity index (χ1) is 12.6. The summed E-state index contributed by atoms with van der Waals surface area (Å²) in [6, 6.07) is 16.5. The van der Waals surface area contributed by atoms with Gasteiger partial charge in [-0.2, -0.15) is 5.10 Å². The summed E-state index contributed by atoms with van der Waals surface area (Å²) >= 11 is 0. The molecule has 2 aromatic carbocycles. The maximum Gasteiger partial charge on any atom is 0.433 e. The van der Waals surface area contributed by atoms with Crippen LogP contribution in [0.1, 0.15) is 16.1 Å². The highest BCUT2D eigenvalue weighted by Crippen LogP contribution is 2.16. The molecule has 0 aliphatic carbocycles. The van der Waals surface area contributed by atoms with E-state index in [1.54, 1.807) is 19.2 Å². The topological polar surface area (TPSA) is 97.7 Å². The van der Waals surface area contributed by atoms with Crippen LogP contribution in [0.2, 0.25) is 0 Å². The summed E-state index contributed by atoms with van der Waals surface area (Å²) in [6.45, 7) is 0. The summed E-state index contributed by atoms with van der Waals surface area (Å²) in [5.74, 6) is 0.148. The second-order valence-corrected chi connectivity index (χ2v) is 5.02. The molecule has 0 spiro atoms. The highest BCUT2D eigenvalue weighted by Gasteiger charge is 2.09. The lowest BCUT2D eigenvalue weighted by atomic mass is 10.1. The van der Waals surface area contributed by atoms with Gasteiger partial charge in [-0.1, -0.05) is 36.4 Å². The lowest BCUT2D eigenvalue weighted by molar-refractivity contribution is -0.402. The Bertz CT molecular complexity index is 945. The van der Waals surface area contributed by atoms with Crippen LogP contribution in [-0.4, -0.2) is 24.5 Å². The number of benzene rings is 2. The Morgan fingerprint density at radius 3 is 2.54 bits per heavy atom. The molecule has 7 nitrogen and oxygen atoms in total. The molecule has 26 heavy (non-hydrogen) atoms. The van der Waals surface area contributed by atoms with E-state index < -0.39 is 4.92 Å². The summed E-state index contributed by atoms with van der Waals surface area (Å²) in [7, 11) is 1.67. The molecule has 0 bridgehead atoms. The van der Waals surface area contributed by atoms with Gasteiger partial charge in [-0.15, -0.1) is 0 Å². The van der Waals surface area contributed by atoms with E-state index in [-0.39, 0.29) is 5.88 Å². The summed E-state index contributed by atoms with van der Waals surface area (Å²) in [5.41, 5.74) is 3.29. The summed E-state index contributed by atoms with van der Waals surface area (Å²) in [5, 5.41) is 16.2. The van der Waals surface area contributed by atoms with E-state index in [4.69, 9.17) is 4.42 Å². The van der Waals surface area contributed by atoms with Crippen LogP contribution >= 0.6 is 0 Å². The minimum atomic E-state index is -0.584. The number of furan rings is 1. The van der Waals surface area contributed by atoms with E-state index in [9.17, 15) is 14.9 Å². The van der Waals surface area contributed by atoms with Crippen molar-refractivity contribution in [2.24, 2.45) is 5.10 Å². The molecule has 3 rings (SSSR count). The summed E-state index contributed by atoms with van der Waals surface area (Å²) in [4.78, 5) is 20.1. The molecule has 0 aliphatic rings. The Balaban J connectivity index is 0.000000189. The molecule has 0 saturated carbocycles. The number of hydrazone groups is 1. The number of carbonyl (C=O) groups excluding carboxylic acids is 1. The Morgan fingerprint density at radius 1 is 1.12 bits per heavy atom. The number of fused-ring (bicyclic) bond motifs is 1. The van der Waals surface area contributed by atoms with Gasteiger partial charge in [-0.05, 0) is 35.1 Å². The zero-order valence-corrected chi connectivity index (χ0v) is 14.0.